The lowest BCUT2D eigenvalue weighted by atomic mass is 9.78. The molecule has 0 spiro atoms. The minimum atomic E-state index is -0.694. The fourth-order valence-corrected chi connectivity index (χ4v) is 5.73. The molecule has 2 fully saturated rings. The Balaban J connectivity index is 1.28. The molecule has 196 valence electrons. The van der Waals surface area contributed by atoms with Crippen molar-refractivity contribution in [3.63, 3.8) is 0 Å². The Morgan fingerprint density at radius 1 is 1.22 bits per heavy atom. The van der Waals surface area contributed by atoms with E-state index in [0.717, 1.165) is 42.8 Å². The van der Waals surface area contributed by atoms with Crippen molar-refractivity contribution in [3.05, 3.63) is 41.5 Å². The van der Waals surface area contributed by atoms with Crippen LogP contribution < -0.4 is 9.47 Å². The van der Waals surface area contributed by atoms with Crippen molar-refractivity contribution in [1.29, 1.82) is 0 Å². The van der Waals surface area contributed by atoms with Gasteiger partial charge in [-0.2, -0.15) is 4.98 Å². The van der Waals surface area contributed by atoms with E-state index in [-0.39, 0.29) is 24.6 Å². The van der Waals surface area contributed by atoms with E-state index in [1.165, 1.54) is 0 Å². The molecule has 3 aromatic rings. The monoisotopic (exact) mass is 508 g/mol. The van der Waals surface area contributed by atoms with Crippen LogP contribution in [0.25, 0.3) is 11.4 Å². The highest BCUT2D eigenvalue weighted by atomic mass is 16.5. The SMILES string of the molecule is COCc1ccnc(OCc2c(-c3ccc(OC4CC5CCC(C)(C(=O)O)C5C4)c(C)n3)nnn2C)n1. The second-order valence-corrected chi connectivity index (χ2v) is 10.2. The highest BCUT2D eigenvalue weighted by Crippen LogP contribution is 2.55. The summed E-state index contributed by atoms with van der Waals surface area (Å²) in [5.74, 6) is 0.570. The highest BCUT2D eigenvalue weighted by molar-refractivity contribution is 5.75. The molecule has 4 atom stereocenters. The molecule has 2 aliphatic carbocycles. The zero-order valence-electron chi connectivity index (χ0n) is 21.5. The van der Waals surface area contributed by atoms with Crippen LogP contribution in [0.1, 0.15) is 49.7 Å². The van der Waals surface area contributed by atoms with Crippen molar-refractivity contribution in [3.8, 4) is 23.1 Å². The number of aryl methyl sites for hydroxylation is 2. The van der Waals surface area contributed by atoms with E-state index in [1.807, 2.05) is 26.0 Å². The number of hydrogen-bond donors (Lipinski definition) is 1. The first-order valence-corrected chi connectivity index (χ1v) is 12.5. The lowest BCUT2D eigenvalue weighted by Crippen LogP contribution is -2.32. The number of ether oxygens (including phenoxy) is 3. The molecule has 0 bridgehead atoms. The van der Waals surface area contributed by atoms with Gasteiger partial charge in [-0.15, -0.1) is 5.10 Å². The van der Waals surface area contributed by atoms with Gasteiger partial charge in [0.2, 0.25) is 0 Å². The van der Waals surface area contributed by atoms with Gasteiger partial charge in [-0.3, -0.25) is 4.79 Å². The van der Waals surface area contributed by atoms with Crippen molar-refractivity contribution in [2.45, 2.75) is 58.8 Å². The molecule has 3 heterocycles. The number of carboxylic acids is 1. The number of pyridine rings is 1. The number of fused-ring (bicyclic) bond motifs is 1. The zero-order chi connectivity index (χ0) is 26.2. The first kappa shape index (κ1) is 25.1. The third-order valence-electron chi connectivity index (χ3n) is 7.83. The number of rotatable bonds is 9. The predicted molar refractivity (Wildman–Crippen MR) is 132 cm³/mol. The van der Waals surface area contributed by atoms with Gasteiger partial charge in [0.1, 0.15) is 23.7 Å². The molecule has 2 saturated carbocycles. The molecule has 0 aliphatic heterocycles. The van der Waals surface area contributed by atoms with Crippen LogP contribution in [-0.2, 0) is 29.8 Å². The number of nitrogens with zero attached hydrogens (tertiary/aromatic N) is 6. The Bertz CT molecular complexity index is 1300. The standard InChI is InChI=1S/C26H32N6O5/c1-15-22(37-18-11-16-7-9-26(2,24(33)34)19(16)12-18)6-5-20(28-15)23-21(32(3)31-30-23)14-36-25-27-10-8-17(29-25)13-35-4/h5-6,8,10,16,18-19H,7,9,11-14H2,1-4H3,(H,33,34). The molecule has 2 aliphatic rings. The van der Waals surface area contributed by atoms with Gasteiger partial charge in [-0.1, -0.05) is 5.21 Å². The molecule has 0 saturated heterocycles. The van der Waals surface area contributed by atoms with Crippen LogP contribution in [0.2, 0.25) is 0 Å². The number of methoxy groups -OCH3 is 1. The van der Waals surface area contributed by atoms with E-state index < -0.39 is 11.4 Å². The molecule has 1 N–H and O–H groups in total. The fraction of sp³-hybridized carbons (Fsp3) is 0.538. The van der Waals surface area contributed by atoms with Crippen molar-refractivity contribution in [2.75, 3.05) is 7.11 Å². The summed E-state index contributed by atoms with van der Waals surface area (Å²) < 4.78 is 18.9. The van der Waals surface area contributed by atoms with E-state index in [0.29, 0.717) is 29.7 Å². The summed E-state index contributed by atoms with van der Waals surface area (Å²) in [5.41, 5.74) is 2.81. The molecule has 0 radical (unpaired) electrons. The van der Waals surface area contributed by atoms with E-state index in [2.05, 4.69) is 20.3 Å². The topological polar surface area (TPSA) is 134 Å². The Hall–Kier alpha value is -3.60. The van der Waals surface area contributed by atoms with Crippen molar-refractivity contribution < 1.29 is 24.1 Å². The van der Waals surface area contributed by atoms with Crippen LogP contribution in [0.5, 0.6) is 11.8 Å². The van der Waals surface area contributed by atoms with Crippen LogP contribution in [0.3, 0.4) is 0 Å². The van der Waals surface area contributed by atoms with Crippen LogP contribution in [0, 0.1) is 24.2 Å². The predicted octanol–water partition coefficient (Wildman–Crippen LogP) is 3.36. The van der Waals surface area contributed by atoms with Gasteiger partial charge in [0.15, 0.2) is 0 Å². The summed E-state index contributed by atoms with van der Waals surface area (Å²) in [6.45, 7) is 4.32. The molecule has 11 heteroatoms. The van der Waals surface area contributed by atoms with Crippen molar-refractivity contribution >= 4 is 5.97 Å². The fourth-order valence-electron chi connectivity index (χ4n) is 5.73. The number of aliphatic carboxylic acids is 1. The Kier molecular flexibility index (Phi) is 6.80. The third-order valence-corrected chi connectivity index (χ3v) is 7.83. The largest absolute Gasteiger partial charge is 0.489 e. The van der Waals surface area contributed by atoms with Gasteiger partial charge in [0.05, 0.1) is 35.2 Å². The molecule has 4 unspecified atom stereocenters. The molecule has 0 amide bonds. The van der Waals surface area contributed by atoms with E-state index >= 15 is 0 Å². The van der Waals surface area contributed by atoms with Gasteiger partial charge in [0.25, 0.3) is 0 Å². The van der Waals surface area contributed by atoms with Gasteiger partial charge in [-0.25, -0.2) is 14.6 Å². The lowest BCUT2D eigenvalue weighted by Gasteiger charge is -2.26. The Morgan fingerprint density at radius 3 is 2.81 bits per heavy atom. The Labute approximate surface area is 215 Å². The quantitative estimate of drug-likeness (QED) is 0.458. The molecule has 5 rings (SSSR count). The minimum absolute atomic E-state index is 0.00493. The number of carboxylic acid groups (broad SMARTS) is 1. The molecule has 37 heavy (non-hydrogen) atoms. The maximum atomic E-state index is 11.9. The molecular formula is C26H32N6O5. The van der Waals surface area contributed by atoms with Gasteiger partial charge in [-0.05, 0) is 69.6 Å². The molecular weight excluding hydrogens is 476 g/mol. The van der Waals surface area contributed by atoms with Gasteiger partial charge < -0.3 is 19.3 Å². The number of carbonyl (C=O) groups is 1. The first-order chi connectivity index (χ1) is 17.8. The zero-order valence-corrected chi connectivity index (χ0v) is 21.5. The highest BCUT2D eigenvalue weighted by Gasteiger charge is 2.54. The summed E-state index contributed by atoms with van der Waals surface area (Å²) in [6.07, 6.45) is 4.96. The second kappa shape index (κ2) is 10.0. The minimum Gasteiger partial charge on any atom is -0.489 e. The summed E-state index contributed by atoms with van der Waals surface area (Å²) >= 11 is 0. The molecule has 11 nitrogen and oxygen atoms in total. The maximum absolute atomic E-state index is 11.9. The Morgan fingerprint density at radius 2 is 2.05 bits per heavy atom. The second-order valence-electron chi connectivity index (χ2n) is 10.2. The van der Waals surface area contributed by atoms with Crippen molar-refractivity contribution in [2.24, 2.45) is 24.3 Å². The molecule has 0 aromatic carbocycles. The van der Waals surface area contributed by atoms with Crippen LogP contribution in [0.15, 0.2) is 24.4 Å². The van der Waals surface area contributed by atoms with Crippen LogP contribution >= 0.6 is 0 Å². The summed E-state index contributed by atoms with van der Waals surface area (Å²) in [5, 5.41) is 18.2. The van der Waals surface area contributed by atoms with E-state index in [1.54, 1.807) is 31.1 Å². The summed E-state index contributed by atoms with van der Waals surface area (Å²) in [4.78, 5) is 25.1. The molecule has 3 aromatic heterocycles. The van der Waals surface area contributed by atoms with E-state index in [4.69, 9.17) is 19.2 Å². The van der Waals surface area contributed by atoms with Crippen molar-refractivity contribution in [1.82, 2.24) is 29.9 Å². The average molecular weight is 509 g/mol. The normalized spacial score (nSPS) is 24.7. The van der Waals surface area contributed by atoms with Crippen LogP contribution in [-0.4, -0.2) is 54.2 Å². The summed E-state index contributed by atoms with van der Waals surface area (Å²) in [7, 11) is 3.40. The average Bonchev–Trinajstić information content (AvgIpc) is 3.54. The van der Waals surface area contributed by atoms with Crippen LogP contribution in [0.4, 0.5) is 0 Å². The number of hydrogen-bond acceptors (Lipinski definition) is 9. The summed E-state index contributed by atoms with van der Waals surface area (Å²) in [6, 6.07) is 5.78. The third kappa shape index (κ3) is 4.87. The smallest absolute Gasteiger partial charge is 0.317 e. The maximum Gasteiger partial charge on any atom is 0.317 e. The van der Waals surface area contributed by atoms with E-state index in [9.17, 15) is 9.90 Å². The van der Waals surface area contributed by atoms with Gasteiger partial charge in [0, 0.05) is 20.4 Å². The first-order valence-electron chi connectivity index (χ1n) is 12.5. The van der Waals surface area contributed by atoms with Gasteiger partial charge >= 0.3 is 12.0 Å². The number of aromatic nitrogens is 6. The lowest BCUT2D eigenvalue weighted by molar-refractivity contribution is -0.150.